The van der Waals surface area contributed by atoms with Gasteiger partial charge in [0.05, 0.1) is 19.4 Å². The molecule has 0 unspecified atom stereocenters. The second-order valence-corrected chi connectivity index (χ2v) is 6.72. The largest absolute Gasteiger partial charge is 0.480 e. The molecule has 0 bridgehead atoms. The minimum Gasteiger partial charge on any atom is -0.480 e. The fourth-order valence-electron chi connectivity index (χ4n) is 2.40. The summed E-state index contributed by atoms with van der Waals surface area (Å²) in [7, 11) is 0. The number of carboxylic acids is 1. The van der Waals surface area contributed by atoms with Gasteiger partial charge in [-0.05, 0) is 5.92 Å². The van der Waals surface area contributed by atoms with E-state index in [0.717, 1.165) is 0 Å². The molecule has 0 aliphatic carbocycles. The zero-order valence-electron chi connectivity index (χ0n) is 16.7. The van der Waals surface area contributed by atoms with Crippen LogP contribution >= 0.6 is 0 Å². The van der Waals surface area contributed by atoms with Gasteiger partial charge in [-0.15, -0.1) is 0 Å². The van der Waals surface area contributed by atoms with Gasteiger partial charge in [-0.2, -0.15) is 0 Å². The lowest BCUT2D eigenvalue weighted by Gasteiger charge is -2.22. The van der Waals surface area contributed by atoms with Crippen molar-refractivity contribution in [3.05, 3.63) is 18.2 Å². The first kappa shape index (κ1) is 24.6. The number of nitrogens with one attached hydrogen (secondary N) is 5. The third-order valence-electron chi connectivity index (χ3n) is 3.92. The molecule has 0 fully saturated rings. The van der Waals surface area contributed by atoms with Crippen LogP contribution in [0.25, 0.3) is 0 Å². The Labute approximate surface area is 172 Å². The number of nitrogens with two attached hydrogens (primary N) is 1. The second-order valence-electron chi connectivity index (χ2n) is 6.72. The molecule has 30 heavy (non-hydrogen) atoms. The first-order valence-corrected chi connectivity index (χ1v) is 9.17. The number of aromatic nitrogens is 2. The summed E-state index contributed by atoms with van der Waals surface area (Å²) in [5.41, 5.74) is 5.78. The molecule has 8 N–H and O–H groups in total. The zero-order valence-corrected chi connectivity index (χ0v) is 16.7. The summed E-state index contributed by atoms with van der Waals surface area (Å²) in [6.45, 7) is 2.09. The van der Waals surface area contributed by atoms with E-state index in [1.807, 2.05) is 0 Å². The van der Waals surface area contributed by atoms with Crippen molar-refractivity contribution in [2.75, 3.05) is 19.6 Å². The normalized spacial score (nSPS) is 12.5. The zero-order chi connectivity index (χ0) is 22.7. The minimum absolute atomic E-state index is 0.0340. The number of hydrogen-bond donors (Lipinski definition) is 7. The van der Waals surface area contributed by atoms with Crippen molar-refractivity contribution in [1.82, 2.24) is 31.2 Å². The number of carbonyl (C=O) groups excluding carboxylic acids is 4. The third-order valence-corrected chi connectivity index (χ3v) is 3.92. The third kappa shape index (κ3) is 8.68. The molecule has 4 amide bonds. The van der Waals surface area contributed by atoms with Gasteiger partial charge in [0.25, 0.3) is 0 Å². The summed E-state index contributed by atoms with van der Waals surface area (Å²) >= 11 is 0. The molecule has 166 valence electrons. The number of carbonyl (C=O) groups is 5. The van der Waals surface area contributed by atoms with Gasteiger partial charge in [-0.25, -0.2) is 4.98 Å². The van der Waals surface area contributed by atoms with Crippen LogP contribution in [0.1, 0.15) is 19.5 Å². The Kier molecular flexibility index (Phi) is 9.96. The topological polar surface area (TPSA) is 208 Å². The Hall–Kier alpha value is -3.48. The van der Waals surface area contributed by atoms with Gasteiger partial charge in [0, 0.05) is 18.3 Å². The monoisotopic (exact) mass is 425 g/mol. The van der Waals surface area contributed by atoms with Crippen molar-refractivity contribution in [3.8, 4) is 0 Å². The molecule has 13 heteroatoms. The van der Waals surface area contributed by atoms with Crippen molar-refractivity contribution < 1.29 is 29.1 Å². The van der Waals surface area contributed by atoms with E-state index in [1.165, 1.54) is 12.5 Å². The van der Waals surface area contributed by atoms with Crippen molar-refractivity contribution in [2.24, 2.45) is 11.7 Å². The first-order chi connectivity index (χ1) is 14.1. The SMILES string of the molecule is CC(C)[C@H](NC(=O)CN)C(=O)NCC(=O)N[C@@H](Cc1cnc[nH]1)C(=O)NCC(=O)O. The van der Waals surface area contributed by atoms with Crippen LogP contribution in [-0.2, 0) is 30.4 Å². The highest BCUT2D eigenvalue weighted by Crippen LogP contribution is 2.02. The van der Waals surface area contributed by atoms with Crippen LogP contribution in [0.2, 0.25) is 0 Å². The summed E-state index contributed by atoms with van der Waals surface area (Å²) in [4.78, 5) is 65.5. The molecule has 0 aromatic carbocycles. The van der Waals surface area contributed by atoms with E-state index in [2.05, 4.69) is 31.2 Å². The molecule has 0 aliphatic rings. The summed E-state index contributed by atoms with van der Waals surface area (Å²) in [5.74, 6) is -3.96. The molecule has 1 aromatic heterocycles. The number of amides is 4. The molecule has 1 aromatic rings. The van der Waals surface area contributed by atoms with E-state index < -0.39 is 54.8 Å². The molecule has 0 radical (unpaired) electrons. The van der Waals surface area contributed by atoms with E-state index in [-0.39, 0.29) is 18.9 Å². The van der Waals surface area contributed by atoms with Crippen molar-refractivity contribution in [3.63, 3.8) is 0 Å². The number of hydrogen-bond acceptors (Lipinski definition) is 7. The maximum Gasteiger partial charge on any atom is 0.322 e. The summed E-state index contributed by atoms with van der Waals surface area (Å²) < 4.78 is 0. The Morgan fingerprint density at radius 2 is 1.73 bits per heavy atom. The Balaban J connectivity index is 2.68. The molecule has 1 rings (SSSR count). The van der Waals surface area contributed by atoms with Crippen LogP contribution < -0.4 is 27.0 Å². The number of nitrogens with zero attached hydrogens (tertiary/aromatic N) is 1. The Morgan fingerprint density at radius 1 is 1.07 bits per heavy atom. The standard InChI is InChI=1S/C17H27N7O6/c1-9(2)15(24-12(25)4-18)17(30)20-6-13(26)23-11(3-10-5-19-8-22-10)16(29)21-7-14(27)28/h5,8-9,11,15H,3-4,6-7,18H2,1-2H3,(H,19,22)(H,20,30)(H,21,29)(H,23,26)(H,24,25)(H,27,28)/t11-,15-/m0/s1. The predicted molar refractivity (Wildman–Crippen MR) is 104 cm³/mol. The number of imidazole rings is 1. The molecule has 0 saturated heterocycles. The van der Waals surface area contributed by atoms with Crippen molar-refractivity contribution >= 4 is 29.6 Å². The average Bonchev–Trinajstić information content (AvgIpc) is 3.20. The highest BCUT2D eigenvalue weighted by Gasteiger charge is 2.26. The van der Waals surface area contributed by atoms with Crippen LogP contribution in [0.5, 0.6) is 0 Å². The quantitative estimate of drug-likeness (QED) is 0.181. The number of H-pyrrole nitrogens is 1. The van der Waals surface area contributed by atoms with Crippen molar-refractivity contribution in [2.45, 2.75) is 32.4 Å². The number of rotatable bonds is 12. The number of aliphatic carboxylic acids is 1. The highest BCUT2D eigenvalue weighted by atomic mass is 16.4. The lowest BCUT2D eigenvalue weighted by atomic mass is 10.0. The van der Waals surface area contributed by atoms with Crippen LogP contribution in [0.3, 0.4) is 0 Å². The van der Waals surface area contributed by atoms with Gasteiger partial charge in [0.1, 0.15) is 18.6 Å². The van der Waals surface area contributed by atoms with Gasteiger partial charge in [0.15, 0.2) is 0 Å². The van der Waals surface area contributed by atoms with E-state index in [9.17, 15) is 24.0 Å². The fourth-order valence-corrected chi connectivity index (χ4v) is 2.40. The Morgan fingerprint density at radius 3 is 2.27 bits per heavy atom. The molecular weight excluding hydrogens is 398 g/mol. The van der Waals surface area contributed by atoms with Crippen LogP contribution in [0.4, 0.5) is 0 Å². The van der Waals surface area contributed by atoms with Gasteiger partial charge < -0.3 is 37.1 Å². The van der Waals surface area contributed by atoms with Gasteiger partial charge in [0.2, 0.25) is 23.6 Å². The molecule has 0 saturated carbocycles. The maximum atomic E-state index is 12.3. The fraction of sp³-hybridized carbons (Fsp3) is 0.529. The lowest BCUT2D eigenvalue weighted by Crippen LogP contribution is -2.54. The average molecular weight is 425 g/mol. The number of aromatic amines is 1. The molecule has 2 atom stereocenters. The molecule has 1 heterocycles. The number of carboxylic acid groups (broad SMARTS) is 1. The van der Waals surface area contributed by atoms with Crippen LogP contribution in [0, 0.1) is 5.92 Å². The smallest absolute Gasteiger partial charge is 0.322 e. The predicted octanol–water partition coefficient (Wildman–Crippen LogP) is -3.15. The van der Waals surface area contributed by atoms with Crippen LogP contribution in [-0.4, -0.2) is 76.4 Å². The van der Waals surface area contributed by atoms with Gasteiger partial charge in [-0.1, -0.05) is 13.8 Å². The first-order valence-electron chi connectivity index (χ1n) is 9.17. The lowest BCUT2D eigenvalue weighted by molar-refractivity contribution is -0.138. The van der Waals surface area contributed by atoms with E-state index in [1.54, 1.807) is 13.8 Å². The van der Waals surface area contributed by atoms with Crippen LogP contribution in [0.15, 0.2) is 12.5 Å². The van der Waals surface area contributed by atoms with E-state index in [4.69, 9.17) is 10.8 Å². The molecule has 0 aliphatic heterocycles. The minimum atomic E-state index is -1.23. The molecule has 13 nitrogen and oxygen atoms in total. The Bertz CT molecular complexity index is 750. The van der Waals surface area contributed by atoms with E-state index >= 15 is 0 Å². The van der Waals surface area contributed by atoms with Crippen molar-refractivity contribution in [1.29, 1.82) is 0 Å². The summed E-state index contributed by atoms with van der Waals surface area (Å²) in [6, 6.07) is -1.97. The summed E-state index contributed by atoms with van der Waals surface area (Å²) in [5, 5.41) is 18.2. The molecule has 0 spiro atoms. The van der Waals surface area contributed by atoms with Gasteiger partial charge in [-0.3, -0.25) is 24.0 Å². The highest BCUT2D eigenvalue weighted by molar-refractivity contribution is 5.93. The maximum absolute atomic E-state index is 12.3. The van der Waals surface area contributed by atoms with E-state index in [0.29, 0.717) is 5.69 Å². The van der Waals surface area contributed by atoms with Gasteiger partial charge >= 0.3 is 5.97 Å². The summed E-state index contributed by atoms with van der Waals surface area (Å²) in [6.07, 6.45) is 2.89. The second kappa shape index (κ2) is 12.2. The molecular formula is C17H27N7O6.